The summed E-state index contributed by atoms with van der Waals surface area (Å²) >= 11 is 0. The number of hydrogen-bond donors (Lipinski definition) is 3. The molecule has 0 aromatic carbocycles. The molecule has 3 unspecified atom stereocenters. The van der Waals surface area contributed by atoms with Gasteiger partial charge in [-0.15, -0.1) is 0 Å². The Morgan fingerprint density at radius 3 is 2.62 bits per heavy atom. The Morgan fingerprint density at radius 1 is 1.50 bits per heavy atom. The third kappa shape index (κ3) is 2.91. The summed E-state index contributed by atoms with van der Waals surface area (Å²) in [6.07, 6.45) is 2.39. The molecule has 0 aromatic heterocycles. The molecule has 0 radical (unpaired) electrons. The van der Waals surface area contributed by atoms with Gasteiger partial charge in [0, 0.05) is 0 Å². The van der Waals surface area contributed by atoms with Crippen molar-refractivity contribution in [1.82, 2.24) is 0 Å². The molecule has 0 amide bonds. The fraction of sp³-hybridized carbons (Fsp3) is 0.400. The van der Waals surface area contributed by atoms with Gasteiger partial charge in [-0.3, -0.25) is 0 Å². The van der Waals surface area contributed by atoms with E-state index < -0.39 is 30.2 Å². The van der Waals surface area contributed by atoms with E-state index in [1.165, 1.54) is 25.2 Å². The average molecular weight is 227 g/mol. The van der Waals surface area contributed by atoms with Crippen LogP contribution in [0.15, 0.2) is 23.8 Å². The highest BCUT2D eigenvalue weighted by Crippen LogP contribution is 2.15. The molecule has 1 aliphatic rings. The number of carboxylic acid groups (broad SMARTS) is 2. The van der Waals surface area contributed by atoms with Crippen molar-refractivity contribution in [1.29, 1.82) is 0 Å². The molecule has 6 nitrogen and oxygen atoms in total. The first-order chi connectivity index (χ1) is 7.41. The lowest BCUT2D eigenvalue weighted by atomic mass is 10.0. The number of aliphatic carboxylic acids is 2. The number of ether oxygens (including phenoxy) is 1. The second-order valence-corrected chi connectivity index (χ2v) is 3.44. The molecule has 0 heterocycles. The van der Waals surface area contributed by atoms with Crippen LogP contribution < -0.4 is 5.73 Å². The van der Waals surface area contributed by atoms with E-state index in [4.69, 9.17) is 20.7 Å². The maximum atomic E-state index is 10.7. The number of hydrogen-bond acceptors (Lipinski definition) is 4. The summed E-state index contributed by atoms with van der Waals surface area (Å²) in [7, 11) is 0. The molecule has 4 N–H and O–H groups in total. The van der Waals surface area contributed by atoms with Crippen molar-refractivity contribution in [3.8, 4) is 0 Å². The first kappa shape index (κ1) is 12.4. The normalized spacial score (nSPS) is 26.0. The Balaban J connectivity index is 2.75. The topological polar surface area (TPSA) is 110 Å². The Hall–Kier alpha value is -1.66. The first-order valence-corrected chi connectivity index (χ1v) is 4.69. The van der Waals surface area contributed by atoms with Crippen molar-refractivity contribution in [3.63, 3.8) is 0 Å². The summed E-state index contributed by atoms with van der Waals surface area (Å²) in [6, 6.07) is -0.537. The van der Waals surface area contributed by atoms with Crippen molar-refractivity contribution in [3.05, 3.63) is 23.8 Å². The molecular weight excluding hydrogens is 214 g/mol. The Kier molecular flexibility index (Phi) is 3.81. The molecule has 1 aliphatic carbocycles. The third-order valence-electron chi connectivity index (χ3n) is 2.18. The molecule has 0 spiro atoms. The maximum Gasteiger partial charge on any atom is 0.335 e. The van der Waals surface area contributed by atoms with E-state index in [1.54, 1.807) is 0 Å². The quantitative estimate of drug-likeness (QED) is 0.611. The van der Waals surface area contributed by atoms with Gasteiger partial charge in [-0.1, -0.05) is 12.2 Å². The predicted octanol–water partition coefficient (Wildman–Crippen LogP) is -0.247. The van der Waals surface area contributed by atoms with Crippen LogP contribution in [0, 0.1) is 0 Å². The van der Waals surface area contributed by atoms with Gasteiger partial charge in [0.1, 0.15) is 0 Å². The van der Waals surface area contributed by atoms with Gasteiger partial charge in [0.15, 0.2) is 6.10 Å². The molecule has 0 saturated carbocycles. The van der Waals surface area contributed by atoms with Crippen molar-refractivity contribution >= 4 is 11.9 Å². The van der Waals surface area contributed by atoms with Crippen molar-refractivity contribution in [2.45, 2.75) is 25.2 Å². The Labute approximate surface area is 92.0 Å². The molecule has 0 aromatic rings. The fourth-order valence-corrected chi connectivity index (χ4v) is 1.23. The zero-order chi connectivity index (χ0) is 12.3. The van der Waals surface area contributed by atoms with Gasteiger partial charge in [-0.2, -0.15) is 0 Å². The Bertz CT molecular complexity index is 360. The summed E-state index contributed by atoms with van der Waals surface area (Å²) in [5, 5.41) is 17.4. The lowest BCUT2D eigenvalue weighted by molar-refractivity contribution is -0.151. The number of carbonyl (C=O) groups is 2. The molecule has 0 fully saturated rings. The van der Waals surface area contributed by atoms with Crippen LogP contribution in [0.4, 0.5) is 0 Å². The zero-order valence-corrected chi connectivity index (χ0v) is 8.66. The second kappa shape index (κ2) is 4.91. The summed E-state index contributed by atoms with van der Waals surface area (Å²) in [6.45, 7) is 1.36. The second-order valence-electron chi connectivity index (χ2n) is 3.44. The molecule has 0 aliphatic heterocycles. The maximum absolute atomic E-state index is 10.7. The van der Waals surface area contributed by atoms with Gasteiger partial charge in [0.25, 0.3) is 0 Å². The number of rotatable bonds is 4. The lowest BCUT2D eigenvalue weighted by Gasteiger charge is -2.24. The lowest BCUT2D eigenvalue weighted by Crippen LogP contribution is -2.39. The van der Waals surface area contributed by atoms with E-state index in [2.05, 4.69) is 0 Å². The molecule has 1 rings (SSSR count). The van der Waals surface area contributed by atoms with E-state index in [0.717, 1.165) is 0 Å². The minimum Gasteiger partial charge on any atom is -0.479 e. The van der Waals surface area contributed by atoms with E-state index in [-0.39, 0.29) is 5.57 Å². The monoisotopic (exact) mass is 227 g/mol. The van der Waals surface area contributed by atoms with Crippen molar-refractivity contribution in [2.24, 2.45) is 5.73 Å². The van der Waals surface area contributed by atoms with E-state index in [0.29, 0.717) is 0 Å². The summed E-state index contributed by atoms with van der Waals surface area (Å²) in [5.41, 5.74) is 5.69. The SMILES string of the molecule is CC(OC1C=C(C(=O)O)C=CC1N)C(=O)O. The van der Waals surface area contributed by atoms with E-state index >= 15 is 0 Å². The standard InChI is InChI=1S/C10H13NO5/c1-5(9(12)13)16-8-4-6(10(14)15)2-3-7(8)11/h2-5,7-8H,11H2,1H3,(H,12,13)(H,14,15). The van der Waals surface area contributed by atoms with Crippen LogP contribution in [-0.4, -0.2) is 40.4 Å². The smallest absolute Gasteiger partial charge is 0.335 e. The number of carboxylic acids is 2. The van der Waals surface area contributed by atoms with Crippen LogP contribution in [-0.2, 0) is 14.3 Å². The summed E-state index contributed by atoms with van der Waals surface area (Å²) in [4.78, 5) is 21.3. The minimum atomic E-state index is -1.12. The van der Waals surface area contributed by atoms with Crippen LogP contribution in [0.25, 0.3) is 0 Å². The van der Waals surface area contributed by atoms with Crippen LogP contribution >= 0.6 is 0 Å². The van der Waals surface area contributed by atoms with E-state index in [9.17, 15) is 9.59 Å². The fourth-order valence-electron chi connectivity index (χ4n) is 1.23. The predicted molar refractivity (Wildman–Crippen MR) is 54.8 cm³/mol. The molecule has 16 heavy (non-hydrogen) atoms. The van der Waals surface area contributed by atoms with Gasteiger partial charge >= 0.3 is 11.9 Å². The van der Waals surface area contributed by atoms with Gasteiger partial charge in [0.05, 0.1) is 17.7 Å². The minimum absolute atomic E-state index is 0.0456. The van der Waals surface area contributed by atoms with Crippen molar-refractivity contribution in [2.75, 3.05) is 0 Å². The molecule has 3 atom stereocenters. The first-order valence-electron chi connectivity index (χ1n) is 4.69. The zero-order valence-electron chi connectivity index (χ0n) is 8.66. The van der Waals surface area contributed by atoms with Gasteiger partial charge < -0.3 is 20.7 Å². The summed E-state index contributed by atoms with van der Waals surface area (Å²) in [5.74, 6) is -2.22. The Morgan fingerprint density at radius 2 is 2.12 bits per heavy atom. The third-order valence-corrected chi connectivity index (χ3v) is 2.18. The molecule has 88 valence electrons. The highest BCUT2D eigenvalue weighted by atomic mass is 16.5. The van der Waals surface area contributed by atoms with Gasteiger partial charge in [-0.25, -0.2) is 9.59 Å². The highest BCUT2D eigenvalue weighted by Gasteiger charge is 2.24. The number of nitrogens with two attached hydrogens (primary N) is 1. The van der Waals surface area contributed by atoms with Crippen LogP contribution in [0.1, 0.15) is 6.92 Å². The average Bonchev–Trinajstić information content (AvgIpc) is 2.20. The van der Waals surface area contributed by atoms with Gasteiger partial charge in [-0.05, 0) is 13.0 Å². The molecular formula is C10H13NO5. The highest BCUT2D eigenvalue weighted by molar-refractivity contribution is 5.90. The largest absolute Gasteiger partial charge is 0.479 e. The molecule has 0 bridgehead atoms. The van der Waals surface area contributed by atoms with E-state index in [1.807, 2.05) is 0 Å². The molecule has 0 saturated heterocycles. The van der Waals surface area contributed by atoms with Crippen LogP contribution in [0.3, 0.4) is 0 Å². The summed E-state index contributed by atoms with van der Waals surface area (Å²) < 4.78 is 5.13. The van der Waals surface area contributed by atoms with Crippen LogP contribution in [0.2, 0.25) is 0 Å². The van der Waals surface area contributed by atoms with Crippen LogP contribution in [0.5, 0.6) is 0 Å². The van der Waals surface area contributed by atoms with Crippen molar-refractivity contribution < 1.29 is 24.5 Å². The molecule has 6 heteroatoms. The van der Waals surface area contributed by atoms with Gasteiger partial charge in [0.2, 0.25) is 0 Å².